The molecule has 0 heterocycles. The highest BCUT2D eigenvalue weighted by atomic mass is 35.5. The van der Waals surface area contributed by atoms with Crippen molar-refractivity contribution in [2.24, 2.45) is 0 Å². The summed E-state index contributed by atoms with van der Waals surface area (Å²) in [5, 5.41) is 0.0443. The van der Waals surface area contributed by atoms with E-state index in [1.807, 2.05) is 0 Å². The maximum Gasteiger partial charge on any atom is 0.310 e. The van der Waals surface area contributed by atoms with Gasteiger partial charge in [0.25, 0.3) is 0 Å². The van der Waals surface area contributed by atoms with Crippen LogP contribution >= 0.6 is 11.6 Å². The number of ether oxygens (including phenoxy) is 1. The molecule has 0 spiro atoms. The van der Waals surface area contributed by atoms with Crippen molar-refractivity contribution in [1.29, 1.82) is 0 Å². The summed E-state index contributed by atoms with van der Waals surface area (Å²) in [7, 11) is 1.17. The van der Waals surface area contributed by atoms with Crippen molar-refractivity contribution in [2.75, 3.05) is 7.11 Å². The van der Waals surface area contributed by atoms with Crippen LogP contribution in [0.4, 0.5) is 8.78 Å². The van der Waals surface area contributed by atoms with Crippen LogP contribution in [-0.4, -0.2) is 13.1 Å². The van der Waals surface area contributed by atoms with Gasteiger partial charge in [0.15, 0.2) is 11.6 Å². The molecule has 1 rings (SSSR count). The second-order valence-corrected chi connectivity index (χ2v) is 3.05. The summed E-state index contributed by atoms with van der Waals surface area (Å²) in [6.45, 7) is 0. The minimum absolute atomic E-state index is 0.0443. The molecule has 0 radical (unpaired) electrons. The highest BCUT2D eigenvalue weighted by molar-refractivity contribution is 6.30. The second kappa shape index (κ2) is 4.37. The lowest BCUT2D eigenvalue weighted by molar-refractivity contribution is -0.139. The van der Waals surface area contributed by atoms with Gasteiger partial charge in [0, 0.05) is 10.6 Å². The fourth-order valence-electron chi connectivity index (χ4n) is 0.966. The molecule has 5 heteroatoms. The predicted octanol–water partition coefficient (Wildman–Crippen LogP) is 2.33. The molecule has 0 aliphatic carbocycles. The number of halogens is 3. The Balaban J connectivity index is 3.02. The Labute approximate surface area is 84.4 Å². The number of esters is 1. The van der Waals surface area contributed by atoms with Gasteiger partial charge in [-0.05, 0) is 12.1 Å². The zero-order valence-electron chi connectivity index (χ0n) is 7.31. The summed E-state index contributed by atoms with van der Waals surface area (Å²) >= 11 is 5.49. The number of benzene rings is 1. The molecule has 1 aromatic rings. The summed E-state index contributed by atoms with van der Waals surface area (Å²) in [5.41, 5.74) is -0.109. The first kappa shape index (κ1) is 10.9. The van der Waals surface area contributed by atoms with Crippen molar-refractivity contribution in [3.8, 4) is 0 Å². The maximum atomic E-state index is 13.0. The predicted molar refractivity (Wildman–Crippen MR) is 47.1 cm³/mol. The van der Waals surface area contributed by atoms with Crippen LogP contribution in [0.5, 0.6) is 0 Å². The van der Waals surface area contributed by atoms with Crippen LogP contribution in [0.3, 0.4) is 0 Å². The molecule has 0 aliphatic rings. The minimum atomic E-state index is -1.07. The molecule has 0 fully saturated rings. The Morgan fingerprint density at radius 1 is 1.50 bits per heavy atom. The van der Waals surface area contributed by atoms with E-state index >= 15 is 0 Å². The molecule has 14 heavy (non-hydrogen) atoms. The molecule has 1 aromatic carbocycles. The topological polar surface area (TPSA) is 26.3 Å². The van der Waals surface area contributed by atoms with Crippen molar-refractivity contribution < 1.29 is 18.3 Å². The van der Waals surface area contributed by atoms with Crippen LogP contribution in [0, 0.1) is 11.6 Å². The van der Waals surface area contributed by atoms with E-state index in [0.717, 1.165) is 6.07 Å². The molecule has 0 aliphatic heterocycles. The Hall–Kier alpha value is -1.16. The highest BCUT2D eigenvalue weighted by Gasteiger charge is 2.13. The van der Waals surface area contributed by atoms with Crippen molar-refractivity contribution >= 4 is 17.6 Å². The quantitative estimate of drug-likeness (QED) is 0.565. The minimum Gasteiger partial charge on any atom is -0.469 e. The average Bonchev–Trinajstić information content (AvgIpc) is 2.13. The normalized spacial score (nSPS) is 10.0. The molecular weight excluding hydrogens is 214 g/mol. The van der Waals surface area contributed by atoms with Crippen LogP contribution in [0.2, 0.25) is 5.02 Å². The lowest BCUT2D eigenvalue weighted by Gasteiger charge is -2.03. The maximum absolute atomic E-state index is 13.0. The van der Waals surface area contributed by atoms with E-state index in [-0.39, 0.29) is 17.0 Å². The molecule has 0 amide bonds. The van der Waals surface area contributed by atoms with E-state index < -0.39 is 17.6 Å². The van der Waals surface area contributed by atoms with Gasteiger partial charge in [-0.2, -0.15) is 0 Å². The van der Waals surface area contributed by atoms with Crippen LogP contribution < -0.4 is 0 Å². The summed E-state index contributed by atoms with van der Waals surface area (Å²) in [6.07, 6.45) is -0.334. The lowest BCUT2D eigenvalue weighted by Crippen LogP contribution is -2.07. The van der Waals surface area contributed by atoms with Gasteiger partial charge < -0.3 is 4.74 Å². The van der Waals surface area contributed by atoms with E-state index in [1.54, 1.807) is 0 Å². The summed E-state index contributed by atoms with van der Waals surface area (Å²) in [6, 6.07) is 2.04. The summed E-state index contributed by atoms with van der Waals surface area (Å²) < 4.78 is 30.1. The number of rotatable bonds is 2. The largest absolute Gasteiger partial charge is 0.469 e. The summed E-state index contributed by atoms with van der Waals surface area (Å²) in [4.78, 5) is 10.8. The summed E-state index contributed by atoms with van der Waals surface area (Å²) in [5.74, 6) is -2.79. The van der Waals surface area contributed by atoms with Crippen LogP contribution in [0.25, 0.3) is 0 Å². The zero-order valence-corrected chi connectivity index (χ0v) is 8.07. The van der Waals surface area contributed by atoms with Crippen LogP contribution in [-0.2, 0) is 16.0 Å². The van der Waals surface area contributed by atoms with Gasteiger partial charge in [-0.1, -0.05) is 11.6 Å². The fraction of sp³-hybridized carbons (Fsp3) is 0.222. The third kappa shape index (κ3) is 2.42. The van der Waals surface area contributed by atoms with E-state index in [4.69, 9.17) is 11.6 Å². The average molecular weight is 221 g/mol. The van der Waals surface area contributed by atoms with Crippen molar-refractivity contribution in [2.45, 2.75) is 6.42 Å². The van der Waals surface area contributed by atoms with Gasteiger partial charge in [-0.25, -0.2) is 8.78 Å². The van der Waals surface area contributed by atoms with Gasteiger partial charge in [0.1, 0.15) is 0 Å². The standard InChI is InChI=1S/C9H7ClF2O2/c1-14-8(13)3-5-2-6(10)4-7(11)9(5)12/h2,4H,3H2,1H3. The number of carbonyl (C=O) groups excluding carboxylic acids is 1. The first-order valence-corrected chi connectivity index (χ1v) is 4.12. The monoisotopic (exact) mass is 220 g/mol. The number of hydrogen-bond donors (Lipinski definition) is 0. The Morgan fingerprint density at radius 3 is 2.71 bits per heavy atom. The molecule has 2 nitrogen and oxygen atoms in total. The molecule has 0 N–H and O–H groups in total. The third-order valence-electron chi connectivity index (χ3n) is 1.63. The van der Waals surface area contributed by atoms with E-state index in [2.05, 4.69) is 4.74 Å². The van der Waals surface area contributed by atoms with Crippen LogP contribution in [0.15, 0.2) is 12.1 Å². The molecule has 0 bridgehead atoms. The molecule has 0 saturated carbocycles. The van der Waals surface area contributed by atoms with E-state index in [9.17, 15) is 13.6 Å². The molecule has 76 valence electrons. The number of carbonyl (C=O) groups is 1. The first-order valence-electron chi connectivity index (χ1n) is 3.75. The number of methoxy groups -OCH3 is 1. The van der Waals surface area contributed by atoms with Gasteiger partial charge in [-0.3, -0.25) is 4.79 Å². The van der Waals surface area contributed by atoms with Crippen LogP contribution in [0.1, 0.15) is 5.56 Å². The second-order valence-electron chi connectivity index (χ2n) is 2.61. The van der Waals surface area contributed by atoms with E-state index in [1.165, 1.54) is 13.2 Å². The highest BCUT2D eigenvalue weighted by Crippen LogP contribution is 2.19. The molecule has 0 atom stereocenters. The van der Waals surface area contributed by atoms with Crippen molar-refractivity contribution in [3.05, 3.63) is 34.4 Å². The first-order chi connectivity index (χ1) is 6.54. The Morgan fingerprint density at radius 2 is 2.14 bits per heavy atom. The van der Waals surface area contributed by atoms with Crippen molar-refractivity contribution in [1.82, 2.24) is 0 Å². The van der Waals surface area contributed by atoms with Gasteiger partial charge >= 0.3 is 5.97 Å². The molecule has 0 unspecified atom stereocenters. The Kier molecular flexibility index (Phi) is 3.41. The molecule has 0 saturated heterocycles. The van der Waals surface area contributed by atoms with Gasteiger partial charge in [0.05, 0.1) is 13.5 Å². The SMILES string of the molecule is COC(=O)Cc1cc(Cl)cc(F)c1F. The fourth-order valence-corrected chi connectivity index (χ4v) is 1.19. The Bertz CT molecular complexity index is 366. The van der Waals surface area contributed by atoms with E-state index in [0.29, 0.717) is 0 Å². The van der Waals surface area contributed by atoms with Gasteiger partial charge in [-0.15, -0.1) is 0 Å². The molecule has 0 aromatic heterocycles. The zero-order chi connectivity index (χ0) is 10.7. The van der Waals surface area contributed by atoms with Crippen molar-refractivity contribution in [3.63, 3.8) is 0 Å². The number of hydrogen-bond acceptors (Lipinski definition) is 2. The third-order valence-corrected chi connectivity index (χ3v) is 1.85. The van der Waals surface area contributed by atoms with Gasteiger partial charge in [0.2, 0.25) is 0 Å². The molecular formula is C9H7ClF2O2. The lowest BCUT2D eigenvalue weighted by atomic mass is 10.1. The smallest absolute Gasteiger partial charge is 0.310 e.